The van der Waals surface area contributed by atoms with Gasteiger partial charge in [0.15, 0.2) is 5.96 Å². The number of nitrogens with one attached hydrogen (secondary N) is 1. The summed E-state index contributed by atoms with van der Waals surface area (Å²) in [6.45, 7) is 7.97. The third-order valence-electron chi connectivity index (χ3n) is 4.48. The van der Waals surface area contributed by atoms with Crippen molar-refractivity contribution in [1.29, 1.82) is 0 Å². The first-order valence-electron chi connectivity index (χ1n) is 8.67. The van der Waals surface area contributed by atoms with Crippen LogP contribution in [-0.2, 0) is 0 Å². The van der Waals surface area contributed by atoms with Crippen LogP contribution in [0.25, 0.3) is 0 Å². The number of rotatable bonds is 7. The standard InChI is InChI=1S/C19H29BrN4.HI/c1-4-5-6-11-23(3)19(21-2)22-14-16-10-12-24(15-16)18-9-7-8-17(20)13-18;/h4,7-9,13,16H,1,5-6,10-12,14-15H2,2-3H3,(H,21,22);1H. The summed E-state index contributed by atoms with van der Waals surface area (Å²) in [5, 5.41) is 3.54. The van der Waals surface area contributed by atoms with Crippen LogP contribution in [0.15, 0.2) is 46.4 Å². The summed E-state index contributed by atoms with van der Waals surface area (Å²) < 4.78 is 1.14. The number of unbranched alkanes of at least 4 members (excludes halogenated alkanes) is 1. The Hall–Kier alpha value is -0.760. The lowest BCUT2D eigenvalue weighted by atomic mass is 10.1. The molecule has 1 atom stereocenters. The maximum atomic E-state index is 4.40. The van der Waals surface area contributed by atoms with Gasteiger partial charge in [0.1, 0.15) is 0 Å². The van der Waals surface area contributed by atoms with Crippen LogP contribution < -0.4 is 10.2 Å². The molecule has 1 aromatic rings. The molecule has 2 rings (SSSR count). The minimum Gasteiger partial charge on any atom is -0.371 e. The Kier molecular flexibility index (Phi) is 10.5. The van der Waals surface area contributed by atoms with Gasteiger partial charge in [0.05, 0.1) is 0 Å². The van der Waals surface area contributed by atoms with Crippen molar-refractivity contribution >= 4 is 51.6 Å². The minimum atomic E-state index is 0. The molecule has 0 saturated carbocycles. The molecule has 1 aliphatic rings. The van der Waals surface area contributed by atoms with Gasteiger partial charge in [-0.05, 0) is 43.4 Å². The summed E-state index contributed by atoms with van der Waals surface area (Å²) in [6.07, 6.45) is 5.35. The Labute approximate surface area is 177 Å². The molecule has 1 N–H and O–H groups in total. The number of nitrogens with zero attached hydrogens (tertiary/aromatic N) is 3. The van der Waals surface area contributed by atoms with E-state index in [1.165, 1.54) is 12.1 Å². The number of anilines is 1. The SMILES string of the molecule is C=CCCCN(C)C(=NC)NCC1CCN(c2cccc(Br)c2)C1.I. The first-order chi connectivity index (χ1) is 11.6. The lowest BCUT2D eigenvalue weighted by molar-refractivity contribution is 0.458. The Balaban J connectivity index is 0.00000312. The number of allylic oxidation sites excluding steroid dienone is 1. The van der Waals surface area contributed by atoms with Crippen molar-refractivity contribution in [1.82, 2.24) is 10.2 Å². The number of hydrogen-bond acceptors (Lipinski definition) is 2. The van der Waals surface area contributed by atoms with E-state index in [4.69, 9.17) is 0 Å². The highest BCUT2D eigenvalue weighted by molar-refractivity contribution is 14.0. The highest BCUT2D eigenvalue weighted by Gasteiger charge is 2.23. The number of benzene rings is 1. The lowest BCUT2D eigenvalue weighted by Crippen LogP contribution is -2.41. The van der Waals surface area contributed by atoms with Crippen LogP contribution in [0.5, 0.6) is 0 Å². The maximum absolute atomic E-state index is 4.40. The lowest BCUT2D eigenvalue weighted by Gasteiger charge is -2.23. The van der Waals surface area contributed by atoms with Crippen molar-refractivity contribution < 1.29 is 0 Å². The van der Waals surface area contributed by atoms with Crippen molar-refractivity contribution in [2.75, 3.05) is 45.2 Å². The molecule has 0 amide bonds. The zero-order valence-corrected chi connectivity index (χ0v) is 19.2. The van der Waals surface area contributed by atoms with Gasteiger partial charge >= 0.3 is 0 Å². The average molecular weight is 521 g/mol. The molecule has 0 aliphatic carbocycles. The predicted molar refractivity (Wildman–Crippen MR) is 123 cm³/mol. The zero-order valence-electron chi connectivity index (χ0n) is 15.2. The second-order valence-corrected chi connectivity index (χ2v) is 7.28. The van der Waals surface area contributed by atoms with Crippen molar-refractivity contribution in [3.8, 4) is 0 Å². The predicted octanol–water partition coefficient (Wildman–Crippen LogP) is 4.37. The van der Waals surface area contributed by atoms with Gasteiger partial charge < -0.3 is 15.1 Å². The van der Waals surface area contributed by atoms with Gasteiger partial charge in [-0.2, -0.15) is 0 Å². The van der Waals surface area contributed by atoms with E-state index in [1.807, 2.05) is 13.1 Å². The van der Waals surface area contributed by atoms with E-state index in [-0.39, 0.29) is 24.0 Å². The topological polar surface area (TPSA) is 30.9 Å². The van der Waals surface area contributed by atoms with Gasteiger partial charge in [-0.25, -0.2) is 0 Å². The third-order valence-corrected chi connectivity index (χ3v) is 4.98. The molecule has 1 unspecified atom stereocenters. The van der Waals surface area contributed by atoms with Gasteiger partial charge in [-0.1, -0.05) is 28.1 Å². The minimum absolute atomic E-state index is 0. The number of hydrogen-bond donors (Lipinski definition) is 1. The van der Waals surface area contributed by atoms with E-state index < -0.39 is 0 Å². The highest BCUT2D eigenvalue weighted by atomic mass is 127. The summed E-state index contributed by atoms with van der Waals surface area (Å²) >= 11 is 3.56. The molecule has 0 radical (unpaired) electrons. The zero-order chi connectivity index (χ0) is 17.4. The third kappa shape index (κ3) is 7.17. The first-order valence-corrected chi connectivity index (χ1v) is 9.46. The summed E-state index contributed by atoms with van der Waals surface area (Å²) in [5.41, 5.74) is 1.30. The van der Waals surface area contributed by atoms with Crippen molar-refractivity contribution in [3.63, 3.8) is 0 Å². The van der Waals surface area contributed by atoms with E-state index in [0.717, 1.165) is 49.5 Å². The van der Waals surface area contributed by atoms with Crippen molar-refractivity contribution in [2.24, 2.45) is 10.9 Å². The smallest absolute Gasteiger partial charge is 0.193 e. The van der Waals surface area contributed by atoms with Crippen molar-refractivity contribution in [3.05, 3.63) is 41.4 Å². The van der Waals surface area contributed by atoms with Crippen LogP contribution in [0.1, 0.15) is 19.3 Å². The molecular weight excluding hydrogens is 491 g/mol. The van der Waals surface area contributed by atoms with Gasteiger partial charge in [-0.15, -0.1) is 30.6 Å². The Morgan fingerprint density at radius 2 is 2.32 bits per heavy atom. The van der Waals surface area contributed by atoms with Crippen LogP contribution in [0.3, 0.4) is 0 Å². The molecule has 4 nitrogen and oxygen atoms in total. The first kappa shape index (κ1) is 22.3. The molecule has 1 aliphatic heterocycles. The maximum Gasteiger partial charge on any atom is 0.193 e. The molecular formula is C19H30BrIN4. The number of aliphatic imine (C=N–C) groups is 1. The van der Waals surface area contributed by atoms with Gasteiger partial charge in [0.25, 0.3) is 0 Å². The normalized spacial score (nSPS) is 17.2. The summed E-state index contributed by atoms with van der Waals surface area (Å²) in [6, 6.07) is 8.56. The van der Waals surface area contributed by atoms with E-state index in [1.54, 1.807) is 0 Å². The van der Waals surface area contributed by atoms with Crippen LogP contribution in [0.4, 0.5) is 5.69 Å². The molecule has 1 heterocycles. The second-order valence-electron chi connectivity index (χ2n) is 6.36. The number of guanidine groups is 1. The van der Waals surface area contributed by atoms with Crippen LogP contribution in [0.2, 0.25) is 0 Å². The fourth-order valence-corrected chi connectivity index (χ4v) is 3.49. The van der Waals surface area contributed by atoms with Crippen LogP contribution >= 0.6 is 39.9 Å². The van der Waals surface area contributed by atoms with Gasteiger partial charge in [0, 0.05) is 50.4 Å². The fraction of sp³-hybridized carbons (Fsp3) is 0.526. The largest absolute Gasteiger partial charge is 0.371 e. The van der Waals surface area contributed by atoms with Crippen molar-refractivity contribution in [2.45, 2.75) is 19.3 Å². The van der Waals surface area contributed by atoms with E-state index in [2.05, 4.69) is 73.9 Å². The quantitative estimate of drug-likeness (QED) is 0.190. The molecule has 1 aromatic carbocycles. The van der Waals surface area contributed by atoms with E-state index in [9.17, 15) is 0 Å². The molecule has 6 heteroatoms. The summed E-state index contributed by atoms with van der Waals surface area (Å²) in [7, 11) is 3.95. The Bertz CT molecular complexity index is 564. The number of halogens is 2. The summed E-state index contributed by atoms with van der Waals surface area (Å²) in [5.74, 6) is 1.64. The molecule has 0 bridgehead atoms. The van der Waals surface area contributed by atoms with Crippen LogP contribution in [0, 0.1) is 5.92 Å². The molecule has 1 fully saturated rings. The Morgan fingerprint density at radius 1 is 1.52 bits per heavy atom. The Morgan fingerprint density at radius 3 is 3.00 bits per heavy atom. The second kappa shape index (κ2) is 11.8. The fourth-order valence-electron chi connectivity index (χ4n) is 3.11. The van der Waals surface area contributed by atoms with Crippen LogP contribution in [-0.4, -0.2) is 51.1 Å². The van der Waals surface area contributed by atoms with Gasteiger partial charge in [0.2, 0.25) is 0 Å². The molecule has 0 aromatic heterocycles. The van der Waals surface area contributed by atoms with Gasteiger partial charge in [-0.3, -0.25) is 4.99 Å². The molecule has 25 heavy (non-hydrogen) atoms. The summed E-state index contributed by atoms with van der Waals surface area (Å²) in [4.78, 5) is 9.07. The average Bonchev–Trinajstić information content (AvgIpc) is 3.05. The molecule has 0 spiro atoms. The molecule has 1 saturated heterocycles. The van der Waals surface area contributed by atoms with E-state index >= 15 is 0 Å². The monoisotopic (exact) mass is 520 g/mol. The van der Waals surface area contributed by atoms with E-state index in [0.29, 0.717) is 5.92 Å². The molecule has 140 valence electrons. The highest BCUT2D eigenvalue weighted by Crippen LogP contribution is 2.25.